The number of anilines is 1. The molecule has 1 saturated carbocycles. The highest BCUT2D eigenvalue weighted by molar-refractivity contribution is 7.12. The van der Waals surface area contributed by atoms with E-state index < -0.39 is 24.0 Å². The van der Waals surface area contributed by atoms with E-state index in [1.165, 1.54) is 23.5 Å². The van der Waals surface area contributed by atoms with Crippen molar-refractivity contribution in [2.75, 3.05) is 4.90 Å². The fourth-order valence-corrected chi connectivity index (χ4v) is 5.19. The minimum atomic E-state index is -5.12. The predicted octanol–water partition coefficient (Wildman–Crippen LogP) is 6.66. The van der Waals surface area contributed by atoms with Crippen molar-refractivity contribution in [2.24, 2.45) is 0 Å². The van der Waals surface area contributed by atoms with Crippen molar-refractivity contribution in [1.82, 2.24) is 5.32 Å². The molecule has 0 unspecified atom stereocenters. The third-order valence-corrected chi connectivity index (χ3v) is 7.36. The molecule has 3 rings (SSSR count). The smallest absolute Gasteiger partial charge is 0.351 e. The zero-order chi connectivity index (χ0) is 24.2. The number of thiophene rings is 1. The first-order chi connectivity index (χ1) is 15.6. The number of nitrogens with zero attached hydrogens (tertiary/aromatic N) is 1. The molecule has 180 valence electrons. The largest absolute Gasteiger partial charge is 0.471 e. The van der Waals surface area contributed by atoms with E-state index in [-0.39, 0.29) is 17.6 Å². The number of benzene rings is 1. The summed E-state index contributed by atoms with van der Waals surface area (Å²) in [7, 11) is 0. The molecule has 1 aliphatic carbocycles. The Bertz CT molecular complexity index is 949. The van der Waals surface area contributed by atoms with Crippen LogP contribution >= 0.6 is 11.3 Å². The molecule has 1 aromatic carbocycles. The minimum Gasteiger partial charge on any atom is -0.351 e. The maximum Gasteiger partial charge on any atom is 0.471 e. The summed E-state index contributed by atoms with van der Waals surface area (Å²) >= 11 is 1.23. The van der Waals surface area contributed by atoms with E-state index in [4.69, 9.17) is 0 Å². The summed E-state index contributed by atoms with van der Waals surface area (Å²) in [5.41, 5.74) is 1.02. The molecule has 2 atom stereocenters. The monoisotopic (exact) mass is 480 g/mol. The minimum absolute atomic E-state index is 0.0548. The Kier molecular flexibility index (Phi) is 8.21. The summed E-state index contributed by atoms with van der Waals surface area (Å²) in [6.07, 6.45) is 0.362. The van der Waals surface area contributed by atoms with Gasteiger partial charge in [0.05, 0.1) is 0 Å². The average Bonchev–Trinajstić information content (AvgIpc) is 3.22. The van der Waals surface area contributed by atoms with Gasteiger partial charge in [-0.15, -0.1) is 11.3 Å². The Hall–Kier alpha value is -2.35. The normalized spacial score (nSPS) is 16.8. The topological polar surface area (TPSA) is 49.4 Å². The molecule has 0 aliphatic heterocycles. The van der Waals surface area contributed by atoms with Crippen molar-refractivity contribution in [3.8, 4) is 0 Å². The van der Waals surface area contributed by atoms with E-state index >= 15 is 0 Å². The third kappa shape index (κ3) is 6.16. The lowest BCUT2D eigenvalue weighted by Crippen LogP contribution is -2.50. The van der Waals surface area contributed by atoms with E-state index in [1.807, 2.05) is 20.8 Å². The summed E-state index contributed by atoms with van der Waals surface area (Å²) in [5, 5.41) is 2.93. The lowest BCUT2D eigenvalue weighted by Gasteiger charge is -2.33. The number of hydrogen-bond acceptors (Lipinski definition) is 3. The van der Waals surface area contributed by atoms with Gasteiger partial charge in [0.1, 0.15) is 0 Å². The molecular formula is C25H31F3N2O2S. The van der Waals surface area contributed by atoms with Gasteiger partial charge in [0.15, 0.2) is 6.04 Å². The van der Waals surface area contributed by atoms with Crippen LogP contribution in [0.5, 0.6) is 0 Å². The van der Waals surface area contributed by atoms with Crippen molar-refractivity contribution < 1.29 is 22.8 Å². The molecular weight excluding hydrogens is 449 g/mol. The van der Waals surface area contributed by atoms with Crippen LogP contribution in [0.2, 0.25) is 0 Å². The van der Waals surface area contributed by atoms with Crippen molar-refractivity contribution in [2.45, 2.75) is 83.5 Å². The number of amides is 2. The Labute approximate surface area is 197 Å². The van der Waals surface area contributed by atoms with Crippen LogP contribution in [0.15, 0.2) is 36.4 Å². The van der Waals surface area contributed by atoms with Crippen LogP contribution in [0.4, 0.5) is 18.9 Å². The SMILES string of the molecule is CC[C@@H](C)c1ccc(N(C(=O)C(F)(F)F)[C@H](C(=O)NC2CCCCC2)c2ccc(C)s2)cc1. The van der Waals surface area contributed by atoms with Crippen molar-refractivity contribution >= 4 is 28.8 Å². The van der Waals surface area contributed by atoms with Crippen molar-refractivity contribution in [3.63, 3.8) is 0 Å². The Morgan fingerprint density at radius 3 is 2.24 bits per heavy atom. The van der Waals surface area contributed by atoms with E-state index in [2.05, 4.69) is 5.32 Å². The number of rotatable bonds is 7. The van der Waals surface area contributed by atoms with Gasteiger partial charge in [0, 0.05) is 21.5 Å². The molecule has 8 heteroatoms. The molecule has 33 heavy (non-hydrogen) atoms. The maximum absolute atomic E-state index is 13.7. The molecule has 1 N–H and O–H groups in total. The van der Waals surface area contributed by atoms with Gasteiger partial charge in [-0.2, -0.15) is 13.2 Å². The molecule has 2 amide bonds. The lowest BCUT2D eigenvalue weighted by atomic mass is 9.95. The first kappa shape index (κ1) is 25.3. The number of carbonyl (C=O) groups is 2. The predicted molar refractivity (Wildman–Crippen MR) is 126 cm³/mol. The van der Waals surface area contributed by atoms with Crippen LogP contribution in [0, 0.1) is 6.92 Å². The number of halogens is 3. The Balaban J connectivity index is 2.04. The number of nitrogens with one attached hydrogen (secondary N) is 1. The second-order valence-electron chi connectivity index (χ2n) is 8.77. The van der Waals surface area contributed by atoms with E-state index in [9.17, 15) is 22.8 Å². The highest BCUT2D eigenvalue weighted by atomic mass is 32.1. The molecule has 1 aromatic heterocycles. The average molecular weight is 481 g/mol. The standard InChI is InChI=1S/C25H31F3N2O2S/c1-4-16(2)18-11-13-20(14-12-18)30(24(32)25(26,27)28)22(21-15-10-17(3)33-21)23(31)29-19-8-6-5-7-9-19/h10-16,19,22H,4-9H2,1-3H3,(H,29,31)/t16-,22+/m1/s1. The molecule has 1 heterocycles. The maximum atomic E-state index is 13.7. The van der Waals surface area contributed by atoms with Gasteiger partial charge in [-0.05, 0) is 61.9 Å². The summed E-state index contributed by atoms with van der Waals surface area (Å²) in [4.78, 5) is 28.0. The van der Waals surface area contributed by atoms with Crippen molar-refractivity contribution in [1.29, 1.82) is 0 Å². The van der Waals surface area contributed by atoms with Crippen LogP contribution in [0.1, 0.15) is 79.6 Å². The van der Waals surface area contributed by atoms with Gasteiger partial charge in [-0.3, -0.25) is 14.5 Å². The van der Waals surface area contributed by atoms with Gasteiger partial charge in [0.25, 0.3) is 0 Å². The van der Waals surface area contributed by atoms with Crippen LogP contribution < -0.4 is 10.2 Å². The van der Waals surface area contributed by atoms with Crippen LogP contribution in [0.3, 0.4) is 0 Å². The number of carbonyl (C=O) groups excluding carboxylic acids is 2. The quantitative estimate of drug-likeness (QED) is 0.482. The molecule has 0 radical (unpaired) electrons. The fraction of sp³-hybridized carbons (Fsp3) is 0.520. The fourth-order valence-electron chi connectivity index (χ4n) is 4.22. The van der Waals surface area contributed by atoms with Crippen molar-refractivity contribution in [3.05, 3.63) is 51.7 Å². The highest BCUT2D eigenvalue weighted by Gasteiger charge is 2.48. The summed E-state index contributed by atoms with van der Waals surface area (Å²) in [5.74, 6) is -2.39. The van der Waals surface area contributed by atoms with Crippen LogP contribution in [-0.4, -0.2) is 24.0 Å². The van der Waals surface area contributed by atoms with E-state index in [0.29, 0.717) is 9.78 Å². The van der Waals surface area contributed by atoms with Crippen LogP contribution in [0.25, 0.3) is 0 Å². The Morgan fingerprint density at radius 1 is 1.09 bits per heavy atom. The summed E-state index contributed by atoms with van der Waals surface area (Å²) < 4.78 is 41.2. The Morgan fingerprint density at radius 2 is 1.73 bits per heavy atom. The number of alkyl halides is 3. The summed E-state index contributed by atoms with van der Waals surface area (Å²) in [6.45, 7) is 5.88. The van der Waals surface area contributed by atoms with Gasteiger partial charge >= 0.3 is 12.1 Å². The first-order valence-electron chi connectivity index (χ1n) is 11.5. The lowest BCUT2D eigenvalue weighted by molar-refractivity contribution is -0.171. The van der Waals surface area contributed by atoms with E-state index in [1.54, 1.807) is 24.3 Å². The first-order valence-corrected chi connectivity index (χ1v) is 12.3. The molecule has 1 aliphatic rings. The molecule has 0 saturated heterocycles. The van der Waals surface area contributed by atoms with Gasteiger partial charge in [0.2, 0.25) is 5.91 Å². The zero-order valence-corrected chi connectivity index (χ0v) is 20.1. The molecule has 1 fully saturated rings. The highest BCUT2D eigenvalue weighted by Crippen LogP contribution is 2.36. The third-order valence-electron chi connectivity index (χ3n) is 6.30. The van der Waals surface area contributed by atoms with E-state index in [0.717, 1.165) is 49.0 Å². The molecule has 0 bridgehead atoms. The second-order valence-corrected chi connectivity index (χ2v) is 10.1. The van der Waals surface area contributed by atoms with Gasteiger partial charge in [-0.25, -0.2) is 0 Å². The summed E-state index contributed by atoms with van der Waals surface area (Å²) in [6, 6.07) is 8.38. The molecule has 0 spiro atoms. The zero-order valence-electron chi connectivity index (χ0n) is 19.2. The molecule has 2 aromatic rings. The van der Waals surface area contributed by atoms with Crippen LogP contribution in [-0.2, 0) is 9.59 Å². The number of hydrogen-bond donors (Lipinski definition) is 1. The second kappa shape index (κ2) is 10.7. The van der Waals surface area contributed by atoms with Gasteiger partial charge < -0.3 is 5.32 Å². The number of aryl methyl sites for hydroxylation is 1. The molecule has 4 nitrogen and oxygen atoms in total. The van der Waals surface area contributed by atoms with Gasteiger partial charge in [-0.1, -0.05) is 45.2 Å².